The molecule has 0 radical (unpaired) electrons. The number of carbonyl (C=O) groups excluding carboxylic acids is 2. The summed E-state index contributed by atoms with van der Waals surface area (Å²) < 4.78 is 5.25. The summed E-state index contributed by atoms with van der Waals surface area (Å²) >= 11 is 0. The lowest BCUT2D eigenvalue weighted by molar-refractivity contribution is -0.170. The van der Waals surface area contributed by atoms with Crippen LogP contribution < -0.4 is 0 Å². The van der Waals surface area contributed by atoms with E-state index in [4.69, 9.17) is 25.2 Å². The van der Waals surface area contributed by atoms with Crippen LogP contribution in [0.3, 0.4) is 0 Å². The van der Waals surface area contributed by atoms with Crippen molar-refractivity contribution in [2.45, 2.75) is 57.0 Å². The summed E-state index contributed by atoms with van der Waals surface area (Å²) in [4.78, 5) is 58.9. The fraction of sp³-hybridized carbons (Fsp3) is 0.452. The van der Waals surface area contributed by atoms with Crippen LogP contribution in [0, 0.1) is 5.41 Å². The molecule has 1 aliphatic heterocycles. The van der Waals surface area contributed by atoms with Crippen LogP contribution in [0.4, 0.5) is 0 Å². The van der Waals surface area contributed by atoms with Gasteiger partial charge in [-0.05, 0) is 43.5 Å². The predicted molar refractivity (Wildman–Crippen MR) is 152 cm³/mol. The summed E-state index contributed by atoms with van der Waals surface area (Å²) in [6, 6.07) is 20.2. The summed E-state index contributed by atoms with van der Waals surface area (Å²) in [6.45, 7) is 4.42. The van der Waals surface area contributed by atoms with Gasteiger partial charge in [0.25, 0.3) is 0 Å². The number of ketones is 1. The van der Waals surface area contributed by atoms with Crippen LogP contribution in [0.1, 0.15) is 56.1 Å². The summed E-state index contributed by atoms with van der Waals surface area (Å²) in [5.74, 6) is -5.61. The van der Waals surface area contributed by atoms with Crippen molar-refractivity contribution in [3.8, 4) is 0 Å². The number of carboxylic acid groups (broad SMARTS) is 3. The highest BCUT2D eigenvalue weighted by Crippen LogP contribution is 2.46. The molecule has 1 heterocycles. The molecule has 4 N–H and O–H groups in total. The molecule has 0 aliphatic carbocycles. The fourth-order valence-corrected chi connectivity index (χ4v) is 5.30. The number of benzene rings is 2. The van der Waals surface area contributed by atoms with Crippen molar-refractivity contribution >= 4 is 29.7 Å². The third kappa shape index (κ3) is 9.22. The average molecular weight is 586 g/mol. The molecule has 0 saturated carbocycles. The Labute approximate surface area is 244 Å². The van der Waals surface area contributed by atoms with E-state index in [9.17, 15) is 24.0 Å². The van der Waals surface area contributed by atoms with Crippen molar-refractivity contribution in [2.24, 2.45) is 5.41 Å². The number of carboxylic acids is 3. The van der Waals surface area contributed by atoms with Gasteiger partial charge in [0.05, 0.1) is 31.3 Å². The van der Waals surface area contributed by atoms with Crippen molar-refractivity contribution in [2.75, 3.05) is 26.7 Å². The zero-order valence-corrected chi connectivity index (χ0v) is 23.9. The molecular weight excluding hydrogens is 546 g/mol. The van der Waals surface area contributed by atoms with Gasteiger partial charge in [-0.25, -0.2) is 4.79 Å². The minimum absolute atomic E-state index is 0.110. The molecule has 3 rings (SSSR count). The van der Waals surface area contributed by atoms with E-state index in [1.807, 2.05) is 43.3 Å². The van der Waals surface area contributed by atoms with Gasteiger partial charge >= 0.3 is 23.9 Å². The summed E-state index contributed by atoms with van der Waals surface area (Å²) in [5.41, 5.74) is -1.28. The van der Waals surface area contributed by atoms with Crippen LogP contribution in [0.15, 0.2) is 60.7 Å². The van der Waals surface area contributed by atoms with Crippen molar-refractivity contribution < 1.29 is 49.1 Å². The van der Waals surface area contributed by atoms with Crippen molar-refractivity contribution in [1.29, 1.82) is 0 Å². The molecule has 11 heteroatoms. The number of hydrogen-bond donors (Lipinski definition) is 4. The third-order valence-electron chi connectivity index (χ3n) is 7.54. The van der Waals surface area contributed by atoms with E-state index < -0.39 is 47.7 Å². The number of aliphatic hydroxyl groups is 1. The van der Waals surface area contributed by atoms with E-state index in [0.717, 1.165) is 31.6 Å². The fourth-order valence-electron chi connectivity index (χ4n) is 5.30. The highest BCUT2D eigenvalue weighted by atomic mass is 16.5. The predicted octanol–water partition coefficient (Wildman–Crippen LogP) is 3.00. The number of esters is 1. The SMILES string of the molecule is CCC(=O)C(c1ccccc1)C1(C(=O)OC)CCN(CCc2ccccc2)CC1.O=C(O)CC(O)(CC(=O)O)C(=O)O. The number of piperidine rings is 1. The number of likely N-dealkylation sites (tertiary alicyclic amines) is 1. The van der Waals surface area contributed by atoms with E-state index in [0.29, 0.717) is 19.3 Å². The van der Waals surface area contributed by atoms with E-state index in [1.165, 1.54) is 12.7 Å². The number of nitrogens with zero attached hydrogens (tertiary/aromatic N) is 1. The van der Waals surface area contributed by atoms with Crippen LogP contribution in [-0.4, -0.2) is 87.3 Å². The molecule has 0 aromatic heterocycles. The minimum Gasteiger partial charge on any atom is -0.481 e. The van der Waals surface area contributed by atoms with E-state index in [-0.39, 0.29) is 11.8 Å². The van der Waals surface area contributed by atoms with Gasteiger partial charge in [-0.3, -0.25) is 19.2 Å². The molecule has 42 heavy (non-hydrogen) atoms. The lowest BCUT2D eigenvalue weighted by Gasteiger charge is -2.44. The van der Waals surface area contributed by atoms with E-state index >= 15 is 0 Å². The van der Waals surface area contributed by atoms with Crippen molar-refractivity contribution in [3.63, 3.8) is 0 Å². The van der Waals surface area contributed by atoms with Gasteiger partial charge in [-0.15, -0.1) is 0 Å². The molecule has 1 atom stereocenters. The standard InChI is InChI=1S/C25H31NO3.C6H8O7/c1-3-22(27)23(21-12-8-5-9-13-21)25(24(28)29-2)15-18-26(19-16-25)17-14-20-10-6-4-7-11-20;7-3(8)1-6(13,5(11)12)2-4(9)10/h4-13,23H,3,14-19H2,1-2H3;13H,1-2H2,(H,7,8)(H,9,10)(H,11,12). The molecule has 0 amide bonds. The van der Waals surface area contributed by atoms with Crippen LogP contribution >= 0.6 is 0 Å². The minimum atomic E-state index is -2.74. The number of Topliss-reactive ketones (excluding diaryl/α,β-unsaturated/α-hetero) is 1. The Morgan fingerprint density at radius 1 is 0.881 bits per heavy atom. The molecule has 11 nitrogen and oxygen atoms in total. The number of hydrogen-bond acceptors (Lipinski definition) is 8. The molecule has 1 fully saturated rings. The molecule has 0 spiro atoms. The Morgan fingerprint density at radius 3 is 1.81 bits per heavy atom. The molecule has 228 valence electrons. The van der Waals surface area contributed by atoms with Gasteiger partial charge in [0.1, 0.15) is 5.78 Å². The Morgan fingerprint density at radius 2 is 1.38 bits per heavy atom. The van der Waals surface area contributed by atoms with Gasteiger partial charge in [0.15, 0.2) is 5.60 Å². The molecule has 0 bridgehead atoms. The zero-order valence-electron chi connectivity index (χ0n) is 23.9. The van der Waals surface area contributed by atoms with Crippen LogP contribution in [0.2, 0.25) is 0 Å². The number of aliphatic carboxylic acids is 3. The van der Waals surface area contributed by atoms with Crippen LogP contribution in [0.25, 0.3) is 0 Å². The summed E-state index contributed by atoms with van der Waals surface area (Å²) in [6.07, 6.45) is 0.390. The number of ether oxygens (including phenoxy) is 1. The summed E-state index contributed by atoms with van der Waals surface area (Å²) in [7, 11) is 1.43. The first-order chi connectivity index (χ1) is 19.9. The Balaban J connectivity index is 0.000000401. The van der Waals surface area contributed by atoms with Gasteiger partial charge < -0.3 is 30.1 Å². The molecule has 2 aromatic carbocycles. The first-order valence-corrected chi connectivity index (χ1v) is 13.7. The quantitative estimate of drug-likeness (QED) is 0.254. The maximum atomic E-state index is 13.0. The van der Waals surface area contributed by atoms with E-state index in [1.54, 1.807) is 0 Å². The second-order valence-electron chi connectivity index (χ2n) is 10.4. The van der Waals surface area contributed by atoms with Crippen LogP contribution in [-0.2, 0) is 35.1 Å². The number of rotatable bonds is 13. The lowest BCUT2D eigenvalue weighted by Crippen LogP contribution is -2.50. The third-order valence-corrected chi connectivity index (χ3v) is 7.54. The van der Waals surface area contributed by atoms with Crippen molar-refractivity contribution in [1.82, 2.24) is 4.90 Å². The molecule has 1 unspecified atom stereocenters. The van der Waals surface area contributed by atoms with Gasteiger partial charge in [0.2, 0.25) is 0 Å². The number of carbonyl (C=O) groups is 5. The van der Waals surface area contributed by atoms with Gasteiger partial charge in [0, 0.05) is 13.0 Å². The topological polar surface area (TPSA) is 179 Å². The average Bonchev–Trinajstić information content (AvgIpc) is 2.96. The highest BCUT2D eigenvalue weighted by Gasteiger charge is 2.51. The zero-order chi connectivity index (χ0) is 31.3. The van der Waals surface area contributed by atoms with Gasteiger partial charge in [-0.1, -0.05) is 67.6 Å². The highest BCUT2D eigenvalue weighted by molar-refractivity contribution is 5.93. The Hall–Kier alpha value is -4.09. The molecule has 1 saturated heterocycles. The monoisotopic (exact) mass is 585 g/mol. The maximum Gasteiger partial charge on any atom is 0.336 e. The van der Waals surface area contributed by atoms with E-state index in [2.05, 4.69) is 29.2 Å². The second-order valence-corrected chi connectivity index (χ2v) is 10.4. The number of methoxy groups -OCH3 is 1. The van der Waals surface area contributed by atoms with Gasteiger partial charge in [-0.2, -0.15) is 0 Å². The Kier molecular flexibility index (Phi) is 12.8. The molecular formula is C31H39NO10. The first-order valence-electron chi connectivity index (χ1n) is 13.7. The maximum absolute atomic E-state index is 13.0. The second kappa shape index (κ2) is 15.8. The normalized spacial score (nSPS) is 15.4. The lowest BCUT2D eigenvalue weighted by atomic mass is 9.64. The molecule has 1 aliphatic rings. The Bertz CT molecular complexity index is 1190. The summed E-state index contributed by atoms with van der Waals surface area (Å²) in [5, 5.41) is 33.8. The smallest absolute Gasteiger partial charge is 0.336 e. The molecule has 2 aromatic rings. The first kappa shape index (κ1) is 34.1. The van der Waals surface area contributed by atoms with Crippen molar-refractivity contribution in [3.05, 3.63) is 71.8 Å². The largest absolute Gasteiger partial charge is 0.481 e. The van der Waals surface area contributed by atoms with Crippen LogP contribution in [0.5, 0.6) is 0 Å².